The molecule has 0 aliphatic rings. The Labute approximate surface area is 119 Å². The zero-order valence-electron chi connectivity index (χ0n) is 9.29. The van der Waals surface area contributed by atoms with E-state index in [0.717, 1.165) is 10.5 Å². The summed E-state index contributed by atoms with van der Waals surface area (Å²) >= 11 is 13.5. The van der Waals surface area contributed by atoms with Crippen LogP contribution >= 0.6 is 35.0 Å². The zero-order chi connectivity index (χ0) is 13.1. The molecule has 2 N–H and O–H groups in total. The Morgan fingerprint density at radius 1 is 1.11 bits per heavy atom. The minimum atomic E-state index is -0.342. The van der Waals surface area contributed by atoms with Crippen LogP contribution in [0.15, 0.2) is 41.3 Å². The van der Waals surface area contributed by atoms with Gasteiger partial charge in [0.25, 0.3) is 0 Å². The first-order valence-corrected chi connectivity index (χ1v) is 6.93. The van der Waals surface area contributed by atoms with Crippen molar-refractivity contribution in [3.8, 4) is 0 Å². The van der Waals surface area contributed by atoms with Gasteiger partial charge in [0.15, 0.2) is 0 Å². The summed E-state index contributed by atoms with van der Waals surface area (Å²) in [6.45, 7) is 0. The van der Waals surface area contributed by atoms with Crippen LogP contribution in [0.1, 0.15) is 5.56 Å². The smallest absolute Gasteiger partial charge is 0.124 e. The molecule has 1 nitrogen and oxygen atoms in total. The highest BCUT2D eigenvalue weighted by atomic mass is 35.5. The van der Waals surface area contributed by atoms with Gasteiger partial charge in [-0.2, -0.15) is 0 Å². The highest BCUT2D eigenvalue weighted by Gasteiger charge is 2.08. The summed E-state index contributed by atoms with van der Waals surface area (Å²) in [4.78, 5) is 0.819. The molecule has 5 heteroatoms. The van der Waals surface area contributed by atoms with Crippen molar-refractivity contribution in [1.29, 1.82) is 0 Å². The molecule has 0 aliphatic carbocycles. The third-order valence-electron chi connectivity index (χ3n) is 2.38. The summed E-state index contributed by atoms with van der Waals surface area (Å²) in [5, 5.41) is 1.02. The van der Waals surface area contributed by atoms with Crippen molar-refractivity contribution in [1.82, 2.24) is 0 Å². The molecule has 0 saturated carbocycles. The van der Waals surface area contributed by atoms with Crippen LogP contribution in [0.2, 0.25) is 10.0 Å². The molecule has 0 aliphatic heterocycles. The van der Waals surface area contributed by atoms with Crippen molar-refractivity contribution < 1.29 is 4.39 Å². The largest absolute Gasteiger partial charge is 0.398 e. The van der Waals surface area contributed by atoms with Crippen molar-refractivity contribution in [2.75, 3.05) is 5.73 Å². The molecule has 0 aromatic heterocycles. The van der Waals surface area contributed by atoms with Crippen LogP contribution in [-0.4, -0.2) is 0 Å². The molecule has 94 valence electrons. The predicted molar refractivity (Wildman–Crippen MR) is 76.8 cm³/mol. The highest BCUT2D eigenvalue weighted by Crippen LogP contribution is 2.35. The summed E-state index contributed by atoms with van der Waals surface area (Å²) in [7, 11) is 0. The lowest BCUT2D eigenvalue weighted by atomic mass is 10.2. The maximum absolute atomic E-state index is 12.9. The van der Waals surface area contributed by atoms with Gasteiger partial charge < -0.3 is 5.73 Å². The van der Waals surface area contributed by atoms with Crippen molar-refractivity contribution >= 4 is 40.7 Å². The second kappa shape index (κ2) is 5.83. The van der Waals surface area contributed by atoms with Crippen LogP contribution in [0, 0.1) is 5.82 Å². The number of thioether (sulfide) groups is 1. The Hall–Kier alpha value is -0.900. The maximum atomic E-state index is 12.9. The van der Waals surface area contributed by atoms with Crippen LogP contribution < -0.4 is 5.73 Å². The fourth-order valence-corrected chi connectivity index (χ4v) is 3.12. The van der Waals surface area contributed by atoms with Gasteiger partial charge in [0.1, 0.15) is 5.82 Å². The number of halogens is 3. The SMILES string of the molecule is Nc1cccc(Cl)c1SCc1ccc(F)cc1Cl. The average molecular weight is 302 g/mol. The normalized spacial score (nSPS) is 10.6. The van der Waals surface area contributed by atoms with E-state index in [1.807, 2.05) is 0 Å². The van der Waals surface area contributed by atoms with Crippen molar-refractivity contribution in [3.05, 3.63) is 57.8 Å². The lowest BCUT2D eigenvalue weighted by Gasteiger charge is -2.08. The summed E-state index contributed by atoms with van der Waals surface area (Å²) in [6.07, 6.45) is 0. The standard InChI is InChI=1S/C13H10Cl2FNS/c14-10-2-1-3-12(17)13(10)18-7-8-4-5-9(16)6-11(8)15/h1-6H,7,17H2. The molecular weight excluding hydrogens is 292 g/mol. The monoisotopic (exact) mass is 301 g/mol. The first-order chi connectivity index (χ1) is 8.58. The average Bonchev–Trinajstić information content (AvgIpc) is 2.31. The van der Waals surface area contributed by atoms with E-state index in [0.29, 0.717) is 21.5 Å². The molecular formula is C13H10Cl2FNS. The van der Waals surface area contributed by atoms with Gasteiger partial charge in [-0.25, -0.2) is 4.39 Å². The van der Waals surface area contributed by atoms with Gasteiger partial charge >= 0.3 is 0 Å². The molecule has 0 amide bonds. The Morgan fingerprint density at radius 3 is 2.56 bits per heavy atom. The quantitative estimate of drug-likeness (QED) is 0.637. The minimum absolute atomic E-state index is 0.342. The number of benzene rings is 2. The van der Waals surface area contributed by atoms with E-state index in [-0.39, 0.29) is 5.82 Å². The second-order valence-electron chi connectivity index (χ2n) is 3.68. The summed E-state index contributed by atoms with van der Waals surface area (Å²) < 4.78 is 12.9. The number of nitrogens with two attached hydrogens (primary N) is 1. The number of anilines is 1. The van der Waals surface area contributed by atoms with Gasteiger partial charge in [-0.05, 0) is 29.8 Å². The van der Waals surface area contributed by atoms with Gasteiger partial charge in [-0.15, -0.1) is 11.8 Å². The van der Waals surface area contributed by atoms with E-state index < -0.39 is 0 Å². The van der Waals surface area contributed by atoms with E-state index in [1.165, 1.54) is 23.9 Å². The van der Waals surface area contributed by atoms with E-state index in [2.05, 4.69) is 0 Å². The molecule has 2 aromatic rings. The molecule has 0 heterocycles. The minimum Gasteiger partial charge on any atom is -0.398 e. The first kappa shape index (κ1) is 13.5. The lowest BCUT2D eigenvalue weighted by molar-refractivity contribution is 0.627. The Morgan fingerprint density at radius 2 is 1.89 bits per heavy atom. The Balaban J connectivity index is 2.16. The fraction of sp³-hybridized carbons (Fsp3) is 0.0769. The molecule has 18 heavy (non-hydrogen) atoms. The van der Waals surface area contributed by atoms with E-state index in [4.69, 9.17) is 28.9 Å². The van der Waals surface area contributed by atoms with Crippen LogP contribution in [0.5, 0.6) is 0 Å². The number of hydrogen-bond donors (Lipinski definition) is 1. The van der Waals surface area contributed by atoms with Crippen molar-refractivity contribution in [2.45, 2.75) is 10.6 Å². The highest BCUT2D eigenvalue weighted by molar-refractivity contribution is 7.98. The topological polar surface area (TPSA) is 26.0 Å². The summed E-state index contributed by atoms with van der Waals surface area (Å²) in [6, 6.07) is 9.72. The number of nitrogen functional groups attached to an aromatic ring is 1. The molecule has 0 radical (unpaired) electrons. The van der Waals surface area contributed by atoms with Crippen molar-refractivity contribution in [3.63, 3.8) is 0 Å². The lowest BCUT2D eigenvalue weighted by Crippen LogP contribution is -1.90. The van der Waals surface area contributed by atoms with E-state index in [1.54, 1.807) is 24.3 Å². The Kier molecular flexibility index (Phi) is 4.38. The number of hydrogen-bond acceptors (Lipinski definition) is 2. The summed E-state index contributed by atoms with van der Waals surface area (Å²) in [5.41, 5.74) is 7.33. The summed E-state index contributed by atoms with van der Waals surface area (Å²) in [5.74, 6) is 0.249. The zero-order valence-corrected chi connectivity index (χ0v) is 11.6. The van der Waals surface area contributed by atoms with Gasteiger partial charge in [0.2, 0.25) is 0 Å². The maximum Gasteiger partial charge on any atom is 0.124 e. The third-order valence-corrected chi connectivity index (χ3v) is 4.36. The second-order valence-corrected chi connectivity index (χ2v) is 5.48. The molecule has 0 bridgehead atoms. The predicted octanol–water partition coefficient (Wildman–Crippen LogP) is 5.01. The van der Waals surface area contributed by atoms with Crippen LogP contribution in [0.3, 0.4) is 0 Å². The third kappa shape index (κ3) is 3.10. The van der Waals surface area contributed by atoms with E-state index >= 15 is 0 Å². The number of rotatable bonds is 3. The van der Waals surface area contributed by atoms with Crippen LogP contribution in [0.4, 0.5) is 10.1 Å². The van der Waals surface area contributed by atoms with Crippen LogP contribution in [-0.2, 0) is 5.75 Å². The van der Waals surface area contributed by atoms with Crippen LogP contribution in [0.25, 0.3) is 0 Å². The molecule has 2 rings (SSSR count). The van der Waals surface area contributed by atoms with Crippen molar-refractivity contribution in [2.24, 2.45) is 0 Å². The molecule has 0 spiro atoms. The van der Waals surface area contributed by atoms with Gasteiger partial charge in [-0.1, -0.05) is 35.3 Å². The van der Waals surface area contributed by atoms with Gasteiger partial charge in [0.05, 0.1) is 5.02 Å². The van der Waals surface area contributed by atoms with Gasteiger partial charge in [0, 0.05) is 21.4 Å². The molecule has 0 unspecified atom stereocenters. The molecule has 0 saturated heterocycles. The molecule has 0 fully saturated rings. The molecule has 0 atom stereocenters. The first-order valence-electron chi connectivity index (χ1n) is 5.18. The van der Waals surface area contributed by atoms with Gasteiger partial charge in [-0.3, -0.25) is 0 Å². The van der Waals surface area contributed by atoms with E-state index in [9.17, 15) is 4.39 Å². The fourth-order valence-electron chi connectivity index (χ4n) is 1.47. The Bertz CT molecular complexity index is 555. The molecule has 2 aromatic carbocycles.